The Bertz CT molecular complexity index is 568. The molecule has 0 aromatic carbocycles. The summed E-state index contributed by atoms with van der Waals surface area (Å²) in [5.74, 6) is 0. The number of nitrogens with zero attached hydrogens (tertiary/aromatic N) is 2. The molecule has 0 aliphatic heterocycles. The van der Waals surface area contributed by atoms with Crippen LogP contribution >= 0.6 is 12.4 Å². The summed E-state index contributed by atoms with van der Waals surface area (Å²) in [6, 6.07) is 5.70. The fourth-order valence-corrected chi connectivity index (χ4v) is 1.61. The van der Waals surface area contributed by atoms with Crippen molar-refractivity contribution in [2.45, 2.75) is 19.1 Å². The van der Waals surface area contributed by atoms with Crippen LogP contribution in [-0.4, -0.2) is 9.97 Å². The molecule has 0 radical (unpaired) electrons. The first-order chi connectivity index (χ1) is 8.88. The Balaban J connectivity index is 0.00000200. The maximum absolute atomic E-state index is 12.6. The van der Waals surface area contributed by atoms with E-state index in [1.54, 1.807) is 19.1 Å². The van der Waals surface area contributed by atoms with Crippen molar-refractivity contribution in [2.24, 2.45) is 5.73 Å². The number of halogens is 4. The zero-order chi connectivity index (χ0) is 14.0. The van der Waals surface area contributed by atoms with Gasteiger partial charge in [0.1, 0.15) is 5.69 Å². The zero-order valence-corrected chi connectivity index (χ0v) is 11.4. The van der Waals surface area contributed by atoms with Gasteiger partial charge in [-0.1, -0.05) is 6.07 Å². The predicted molar refractivity (Wildman–Crippen MR) is 72.3 cm³/mol. The second-order valence-corrected chi connectivity index (χ2v) is 4.19. The number of nitrogens with two attached hydrogens (primary N) is 1. The van der Waals surface area contributed by atoms with E-state index >= 15 is 0 Å². The minimum Gasteiger partial charge on any atom is -0.323 e. The summed E-state index contributed by atoms with van der Waals surface area (Å²) in [5, 5.41) is 0. The Labute approximate surface area is 120 Å². The molecule has 0 aliphatic carbocycles. The van der Waals surface area contributed by atoms with E-state index in [1.807, 2.05) is 0 Å². The SMILES string of the molecule is C[C@H](N)c1ccc(-c2ccnc(C(F)(F)F)c2)cn1.Cl. The first-order valence-corrected chi connectivity index (χ1v) is 5.63. The van der Waals surface area contributed by atoms with Crippen LogP contribution in [0.4, 0.5) is 13.2 Å². The summed E-state index contributed by atoms with van der Waals surface area (Å²) in [7, 11) is 0. The summed E-state index contributed by atoms with van der Waals surface area (Å²) >= 11 is 0. The number of alkyl halides is 3. The van der Waals surface area contributed by atoms with Crippen LogP contribution in [0.5, 0.6) is 0 Å². The lowest BCUT2D eigenvalue weighted by atomic mass is 10.1. The van der Waals surface area contributed by atoms with E-state index in [1.165, 1.54) is 12.3 Å². The van der Waals surface area contributed by atoms with Crippen LogP contribution in [0.15, 0.2) is 36.7 Å². The van der Waals surface area contributed by atoms with Crippen molar-refractivity contribution in [1.29, 1.82) is 0 Å². The number of hydrogen-bond donors (Lipinski definition) is 1. The van der Waals surface area contributed by atoms with Crippen molar-refractivity contribution in [1.82, 2.24) is 9.97 Å². The first-order valence-electron chi connectivity index (χ1n) is 5.63. The first kappa shape index (κ1) is 16.4. The Morgan fingerprint density at radius 3 is 2.30 bits per heavy atom. The van der Waals surface area contributed by atoms with Gasteiger partial charge in [0.25, 0.3) is 0 Å². The lowest BCUT2D eigenvalue weighted by Gasteiger charge is -2.09. The summed E-state index contributed by atoms with van der Waals surface area (Å²) in [6.45, 7) is 1.79. The van der Waals surface area contributed by atoms with Gasteiger partial charge in [-0.05, 0) is 30.7 Å². The van der Waals surface area contributed by atoms with Crippen molar-refractivity contribution >= 4 is 12.4 Å². The van der Waals surface area contributed by atoms with E-state index in [4.69, 9.17) is 5.73 Å². The van der Waals surface area contributed by atoms with E-state index in [2.05, 4.69) is 9.97 Å². The number of hydrogen-bond acceptors (Lipinski definition) is 3. The minimum absolute atomic E-state index is 0. The molecule has 0 unspecified atom stereocenters. The number of pyridine rings is 2. The molecule has 2 N–H and O–H groups in total. The van der Waals surface area contributed by atoms with Gasteiger partial charge in [-0.3, -0.25) is 9.97 Å². The standard InChI is InChI=1S/C13H12F3N3.ClH/c1-8(17)11-3-2-10(7-19-11)9-4-5-18-12(6-9)13(14,15)16;/h2-8H,17H2,1H3;1H/t8-;/m0./s1. The molecule has 2 aromatic heterocycles. The van der Waals surface area contributed by atoms with Gasteiger partial charge in [-0.15, -0.1) is 12.4 Å². The van der Waals surface area contributed by atoms with Crippen LogP contribution in [0.3, 0.4) is 0 Å². The molecule has 1 atom stereocenters. The van der Waals surface area contributed by atoms with E-state index in [-0.39, 0.29) is 18.4 Å². The predicted octanol–water partition coefficient (Wildman–Crippen LogP) is 3.60. The third kappa shape index (κ3) is 3.68. The smallest absolute Gasteiger partial charge is 0.323 e. The van der Waals surface area contributed by atoms with Crippen LogP contribution in [0, 0.1) is 0 Å². The van der Waals surface area contributed by atoms with Crippen molar-refractivity contribution in [3.63, 3.8) is 0 Å². The van der Waals surface area contributed by atoms with Gasteiger partial charge in [0.15, 0.2) is 0 Å². The Morgan fingerprint density at radius 2 is 1.80 bits per heavy atom. The highest BCUT2D eigenvalue weighted by molar-refractivity contribution is 5.85. The topological polar surface area (TPSA) is 51.8 Å². The summed E-state index contributed by atoms with van der Waals surface area (Å²) < 4.78 is 37.7. The maximum atomic E-state index is 12.6. The maximum Gasteiger partial charge on any atom is 0.433 e. The van der Waals surface area contributed by atoms with Crippen molar-refractivity contribution in [3.8, 4) is 11.1 Å². The zero-order valence-electron chi connectivity index (χ0n) is 10.6. The Kier molecular flexibility index (Phi) is 5.08. The fraction of sp³-hybridized carbons (Fsp3) is 0.231. The highest BCUT2D eigenvalue weighted by Gasteiger charge is 2.32. The van der Waals surface area contributed by atoms with E-state index in [9.17, 15) is 13.2 Å². The largest absolute Gasteiger partial charge is 0.433 e. The Hall–Kier alpha value is -1.66. The molecule has 0 saturated carbocycles. The van der Waals surface area contributed by atoms with Crippen LogP contribution in [0.1, 0.15) is 24.4 Å². The van der Waals surface area contributed by atoms with Crippen LogP contribution < -0.4 is 5.73 Å². The van der Waals surface area contributed by atoms with Gasteiger partial charge in [-0.25, -0.2) is 0 Å². The van der Waals surface area contributed by atoms with Gasteiger partial charge >= 0.3 is 6.18 Å². The molecular formula is C13H13ClF3N3. The molecule has 0 saturated heterocycles. The van der Waals surface area contributed by atoms with E-state index < -0.39 is 11.9 Å². The molecular weight excluding hydrogens is 291 g/mol. The lowest BCUT2D eigenvalue weighted by Crippen LogP contribution is -2.08. The summed E-state index contributed by atoms with van der Waals surface area (Å²) in [6.07, 6.45) is -1.80. The minimum atomic E-state index is -4.45. The monoisotopic (exact) mass is 303 g/mol. The van der Waals surface area contributed by atoms with Crippen LogP contribution in [-0.2, 0) is 6.18 Å². The molecule has 20 heavy (non-hydrogen) atoms. The van der Waals surface area contributed by atoms with Crippen LogP contribution in [0.25, 0.3) is 11.1 Å². The molecule has 108 valence electrons. The normalized spacial score (nSPS) is 12.7. The summed E-state index contributed by atoms with van der Waals surface area (Å²) in [4.78, 5) is 7.44. The van der Waals surface area contributed by atoms with Crippen molar-refractivity contribution in [2.75, 3.05) is 0 Å². The number of rotatable bonds is 2. The quantitative estimate of drug-likeness (QED) is 0.922. The van der Waals surface area contributed by atoms with Gasteiger partial charge in [0.05, 0.1) is 5.69 Å². The third-order valence-corrected chi connectivity index (χ3v) is 2.64. The van der Waals surface area contributed by atoms with Crippen molar-refractivity contribution < 1.29 is 13.2 Å². The molecule has 2 heterocycles. The molecule has 7 heteroatoms. The van der Waals surface area contributed by atoms with Gasteiger partial charge < -0.3 is 5.73 Å². The average Bonchev–Trinajstić information content (AvgIpc) is 2.38. The van der Waals surface area contributed by atoms with Gasteiger partial charge in [-0.2, -0.15) is 13.2 Å². The molecule has 0 bridgehead atoms. The fourth-order valence-electron chi connectivity index (χ4n) is 1.61. The summed E-state index contributed by atoms with van der Waals surface area (Å²) in [5.41, 5.74) is 6.45. The highest BCUT2D eigenvalue weighted by atomic mass is 35.5. The van der Waals surface area contributed by atoms with Crippen molar-refractivity contribution in [3.05, 3.63) is 48.0 Å². The molecule has 3 nitrogen and oxygen atoms in total. The van der Waals surface area contributed by atoms with Crippen LogP contribution in [0.2, 0.25) is 0 Å². The molecule has 0 amide bonds. The molecule has 0 aliphatic rings. The van der Waals surface area contributed by atoms with Gasteiger partial charge in [0.2, 0.25) is 0 Å². The molecule has 0 spiro atoms. The van der Waals surface area contributed by atoms with E-state index in [0.29, 0.717) is 16.8 Å². The molecule has 2 aromatic rings. The van der Waals surface area contributed by atoms with E-state index in [0.717, 1.165) is 12.3 Å². The third-order valence-electron chi connectivity index (χ3n) is 2.64. The molecule has 0 fully saturated rings. The Morgan fingerprint density at radius 1 is 1.10 bits per heavy atom. The highest BCUT2D eigenvalue weighted by Crippen LogP contribution is 2.30. The van der Waals surface area contributed by atoms with Gasteiger partial charge in [0, 0.05) is 24.0 Å². The number of aromatic nitrogens is 2. The average molecular weight is 304 g/mol. The second kappa shape index (κ2) is 6.19. The second-order valence-electron chi connectivity index (χ2n) is 4.19. The lowest BCUT2D eigenvalue weighted by molar-refractivity contribution is -0.141. The molecule has 2 rings (SSSR count).